The van der Waals surface area contributed by atoms with Crippen molar-refractivity contribution in [1.29, 1.82) is 0 Å². The molecule has 0 fully saturated rings. The van der Waals surface area contributed by atoms with Gasteiger partial charge in [-0.3, -0.25) is 6.08 Å². The molecule has 0 saturated heterocycles. The summed E-state index contributed by atoms with van der Waals surface area (Å²) in [6.45, 7) is 4.80. The molecule has 0 aliphatic carbocycles. The van der Waals surface area contributed by atoms with Gasteiger partial charge in [0.25, 0.3) is 0 Å². The summed E-state index contributed by atoms with van der Waals surface area (Å²) in [6, 6.07) is 6.33. The summed E-state index contributed by atoms with van der Waals surface area (Å²) >= 11 is 0. The van der Waals surface area contributed by atoms with Gasteiger partial charge in [-0.2, -0.15) is 23.5 Å². The second kappa shape index (κ2) is 6.31. The monoisotopic (exact) mass is 287 g/mol. The molecule has 1 heterocycles. The number of anilines is 1. The van der Waals surface area contributed by atoms with E-state index >= 15 is 0 Å². The molecule has 0 amide bonds. The second-order valence-corrected chi connectivity index (χ2v) is 3.63. The predicted octanol–water partition coefficient (Wildman–Crippen LogP) is 2.81. The van der Waals surface area contributed by atoms with Gasteiger partial charge in [0.1, 0.15) is 0 Å². The molecule has 1 aromatic carbocycles. The zero-order chi connectivity index (χ0) is 10.7. The van der Waals surface area contributed by atoms with E-state index < -0.39 is 0 Å². The minimum atomic E-state index is 0. The van der Waals surface area contributed by atoms with Crippen molar-refractivity contribution in [2.75, 3.05) is 11.9 Å². The summed E-state index contributed by atoms with van der Waals surface area (Å²) < 4.78 is 0. The van der Waals surface area contributed by atoms with Gasteiger partial charge in [-0.15, -0.1) is 12.5 Å². The Labute approximate surface area is 122 Å². The van der Waals surface area contributed by atoms with Crippen LogP contribution in [0, 0.1) is 13.0 Å². The first-order chi connectivity index (χ1) is 7.29. The van der Waals surface area contributed by atoms with Gasteiger partial charge in [-0.25, -0.2) is 0 Å². The summed E-state index contributed by atoms with van der Waals surface area (Å²) in [4.78, 5) is 4.19. The van der Waals surface area contributed by atoms with E-state index in [0.29, 0.717) is 0 Å². The Bertz CT molecular complexity index is 422. The largest absolute Gasteiger partial charge is 0.473 e. The van der Waals surface area contributed by atoms with Crippen LogP contribution < -0.4 is 5.32 Å². The van der Waals surface area contributed by atoms with Gasteiger partial charge in [0.15, 0.2) is 0 Å². The van der Waals surface area contributed by atoms with E-state index in [1.807, 2.05) is 6.92 Å². The minimum Gasteiger partial charge on any atom is -0.473 e. The Morgan fingerprint density at radius 3 is 3.00 bits per heavy atom. The average Bonchev–Trinajstić information content (AvgIpc) is 2.39. The third kappa shape index (κ3) is 3.26. The quantitative estimate of drug-likeness (QED) is 0.623. The molecular weight excluding hydrogens is 273 g/mol. The van der Waals surface area contributed by atoms with Crippen LogP contribution in [-0.4, -0.2) is 12.8 Å². The molecule has 3 heteroatoms. The molecule has 0 unspecified atom stereocenters. The first kappa shape index (κ1) is 13.6. The molecule has 0 bridgehead atoms. The molecule has 0 atom stereocenters. The third-order valence-corrected chi connectivity index (χ3v) is 2.38. The maximum Gasteiger partial charge on any atom is 0 e. The van der Waals surface area contributed by atoms with Crippen molar-refractivity contribution in [3.05, 3.63) is 41.1 Å². The second-order valence-electron chi connectivity index (χ2n) is 3.63. The Morgan fingerprint density at radius 1 is 1.44 bits per heavy atom. The molecule has 1 aliphatic heterocycles. The van der Waals surface area contributed by atoms with Crippen molar-refractivity contribution in [3.63, 3.8) is 0 Å². The van der Waals surface area contributed by atoms with E-state index in [9.17, 15) is 0 Å². The summed E-state index contributed by atoms with van der Waals surface area (Å²) in [7, 11) is 0. The van der Waals surface area contributed by atoms with Crippen LogP contribution in [0.3, 0.4) is 0 Å². The van der Waals surface area contributed by atoms with Crippen molar-refractivity contribution < 1.29 is 32.7 Å². The van der Waals surface area contributed by atoms with E-state index in [1.165, 1.54) is 5.56 Å². The SMILES string of the molecule is C[C-]=NC1=[C-]c2cc(C)ccc2NCC1.[Y]. The Hall–Kier alpha value is -0.466. The van der Waals surface area contributed by atoms with Crippen molar-refractivity contribution in [2.24, 2.45) is 4.99 Å². The number of nitrogens with zero attached hydrogens (tertiary/aromatic N) is 1. The van der Waals surface area contributed by atoms with Crippen LogP contribution in [0.15, 0.2) is 28.9 Å². The van der Waals surface area contributed by atoms with Crippen molar-refractivity contribution in [1.82, 2.24) is 0 Å². The van der Waals surface area contributed by atoms with Gasteiger partial charge in [-0.05, 0) is 6.54 Å². The molecule has 16 heavy (non-hydrogen) atoms. The first-order valence-electron chi connectivity index (χ1n) is 5.14. The van der Waals surface area contributed by atoms with Gasteiger partial charge in [-0.1, -0.05) is 31.2 Å². The Morgan fingerprint density at radius 2 is 2.25 bits per heavy atom. The number of nitrogens with one attached hydrogen (secondary N) is 1. The van der Waals surface area contributed by atoms with Crippen molar-refractivity contribution in [2.45, 2.75) is 20.3 Å². The van der Waals surface area contributed by atoms with E-state index in [-0.39, 0.29) is 32.7 Å². The maximum absolute atomic E-state index is 4.19. The van der Waals surface area contributed by atoms with Gasteiger partial charge >= 0.3 is 0 Å². The van der Waals surface area contributed by atoms with E-state index in [0.717, 1.165) is 29.9 Å². The predicted molar refractivity (Wildman–Crippen MR) is 63.3 cm³/mol. The van der Waals surface area contributed by atoms with Crippen LogP contribution in [0.1, 0.15) is 24.5 Å². The normalized spacial score (nSPS) is 14.5. The zero-order valence-corrected chi connectivity index (χ0v) is 12.5. The van der Waals surface area contributed by atoms with Crippen LogP contribution in [0.5, 0.6) is 0 Å². The van der Waals surface area contributed by atoms with Gasteiger partial charge in [0.05, 0.1) is 0 Å². The number of aliphatic imine (C=N–C) groups is 1. The van der Waals surface area contributed by atoms with E-state index in [4.69, 9.17) is 0 Å². The third-order valence-electron chi connectivity index (χ3n) is 2.38. The number of aryl methyl sites for hydroxylation is 1. The standard InChI is InChI=1S/C13H14N2.Y/c1-3-14-12-6-7-15-13-5-4-10(2)8-11(13)9-12;/h4-5,8,15H,6-7H2,1-2H3;/q-2;. The van der Waals surface area contributed by atoms with E-state index in [2.05, 4.69) is 47.7 Å². The smallest absolute Gasteiger partial charge is 0 e. The molecular formula is C13H14N2Y-2. The van der Waals surface area contributed by atoms with Crippen molar-refractivity contribution >= 4 is 11.9 Å². The topological polar surface area (TPSA) is 24.4 Å². The molecule has 0 aromatic heterocycles. The molecule has 2 nitrogen and oxygen atoms in total. The maximum atomic E-state index is 4.19. The summed E-state index contributed by atoms with van der Waals surface area (Å²) in [5.74, 6) is 0. The number of hydrogen-bond acceptors (Lipinski definition) is 2. The van der Waals surface area contributed by atoms with Crippen LogP contribution >= 0.6 is 0 Å². The number of rotatable bonds is 1. The van der Waals surface area contributed by atoms with Crippen LogP contribution in [-0.2, 0) is 32.7 Å². The van der Waals surface area contributed by atoms with E-state index in [1.54, 1.807) is 0 Å². The van der Waals surface area contributed by atoms with Crippen LogP contribution in [0.4, 0.5) is 5.69 Å². The number of hydrogen-bond donors (Lipinski definition) is 1. The molecule has 0 saturated carbocycles. The average molecular weight is 287 g/mol. The van der Waals surface area contributed by atoms with Crippen LogP contribution in [0.2, 0.25) is 0 Å². The zero-order valence-electron chi connectivity index (χ0n) is 9.67. The number of benzene rings is 1. The minimum absolute atomic E-state index is 0. The van der Waals surface area contributed by atoms with Crippen molar-refractivity contribution in [3.8, 4) is 0 Å². The summed E-state index contributed by atoms with van der Waals surface area (Å²) in [5, 5.41) is 3.37. The molecule has 0 spiro atoms. The number of fused-ring (bicyclic) bond motifs is 1. The molecule has 2 rings (SSSR count). The Kier molecular flexibility index (Phi) is 5.37. The molecule has 1 aliphatic rings. The molecule has 1 aromatic rings. The van der Waals surface area contributed by atoms with Gasteiger partial charge < -0.3 is 10.3 Å². The summed E-state index contributed by atoms with van der Waals surface area (Å²) in [5.41, 5.74) is 4.45. The van der Waals surface area contributed by atoms with Gasteiger partial charge in [0.2, 0.25) is 0 Å². The van der Waals surface area contributed by atoms with Crippen LogP contribution in [0.25, 0.3) is 0 Å². The molecule has 1 radical (unpaired) electrons. The fraction of sp³-hybridized carbons (Fsp3) is 0.308. The molecule has 81 valence electrons. The Balaban J connectivity index is 0.00000128. The first-order valence-corrected chi connectivity index (χ1v) is 5.14. The van der Waals surface area contributed by atoms with Gasteiger partial charge in [0, 0.05) is 32.7 Å². The molecule has 1 N–H and O–H groups in total. The summed E-state index contributed by atoms with van der Waals surface area (Å²) in [6.07, 6.45) is 7.03. The fourth-order valence-corrected chi connectivity index (χ4v) is 1.67. The fourth-order valence-electron chi connectivity index (χ4n) is 1.67.